The predicted molar refractivity (Wildman–Crippen MR) is 87.2 cm³/mol. The van der Waals surface area contributed by atoms with Gasteiger partial charge in [0.2, 0.25) is 5.60 Å². The van der Waals surface area contributed by atoms with Gasteiger partial charge in [0.1, 0.15) is 5.75 Å². The van der Waals surface area contributed by atoms with E-state index in [1.807, 2.05) is 66.7 Å². The first-order valence-electron chi connectivity index (χ1n) is 7.57. The highest BCUT2D eigenvalue weighted by atomic mass is 16.5. The number of ether oxygens (including phenoxy) is 1. The number of fused-ring (bicyclic) bond motifs is 1. The summed E-state index contributed by atoms with van der Waals surface area (Å²) in [5.41, 5.74) is 1.46. The van der Waals surface area contributed by atoms with Gasteiger partial charge >= 0.3 is 0 Å². The number of hydrogen-bond acceptors (Lipinski definition) is 3. The summed E-state index contributed by atoms with van der Waals surface area (Å²) in [6.07, 6.45) is 3.74. The molecule has 1 unspecified atom stereocenters. The van der Waals surface area contributed by atoms with E-state index < -0.39 is 5.60 Å². The van der Waals surface area contributed by atoms with Crippen molar-refractivity contribution in [1.29, 1.82) is 0 Å². The third kappa shape index (κ3) is 2.13. The van der Waals surface area contributed by atoms with E-state index in [1.54, 1.807) is 12.4 Å². The van der Waals surface area contributed by atoms with Crippen molar-refractivity contribution in [2.45, 2.75) is 12.0 Å². The lowest BCUT2D eigenvalue weighted by molar-refractivity contribution is -0.133. The van der Waals surface area contributed by atoms with Crippen molar-refractivity contribution in [2.24, 2.45) is 0 Å². The number of hydrogen-bond donors (Lipinski definition) is 0. The van der Waals surface area contributed by atoms with Gasteiger partial charge in [-0.25, -0.2) is 0 Å². The molecule has 0 fully saturated rings. The zero-order valence-corrected chi connectivity index (χ0v) is 12.5. The number of pyridine rings is 1. The molecule has 3 nitrogen and oxygen atoms in total. The molecule has 4 rings (SSSR count). The second-order valence-corrected chi connectivity index (χ2v) is 5.59. The minimum Gasteiger partial charge on any atom is -0.470 e. The van der Waals surface area contributed by atoms with Crippen LogP contribution in [0.3, 0.4) is 0 Å². The number of para-hydroxylation sites is 1. The van der Waals surface area contributed by atoms with Gasteiger partial charge in [0.05, 0.1) is 0 Å². The van der Waals surface area contributed by atoms with Gasteiger partial charge in [-0.05, 0) is 18.2 Å². The Balaban J connectivity index is 1.96. The monoisotopic (exact) mass is 301 g/mol. The van der Waals surface area contributed by atoms with Gasteiger partial charge in [0.25, 0.3) is 0 Å². The van der Waals surface area contributed by atoms with Gasteiger partial charge in [-0.15, -0.1) is 0 Å². The van der Waals surface area contributed by atoms with E-state index in [9.17, 15) is 4.79 Å². The molecule has 3 heteroatoms. The normalized spacial score (nSPS) is 19.7. The Bertz CT molecular complexity index is 804. The van der Waals surface area contributed by atoms with Crippen LogP contribution in [0.25, 0.3) is 0 Å². The number of carbonyl (C=O) groups excluding carboxylic acids is 1. The summed E-state index contributed by atoms with van der Waals surface area (Å²) in [5, 5.41) is 0. The zero-order chi connectivity index (χ0) is 15.7. The summed E-state index contributed by atoms with van der Waals surface area (Å²) in [5.74, 6) is 0.793. The van der Waals surface area contributed by atoms with Crippen molar-refractivity contribution in [3.63, 3.8) is 0 Å². The molecule has 2 heterocycles. The lowest BCUT2D eigenvalue weighted by Gasteiger charge is -2.38. The maximum absolute atomic E-state index is 13.1. The SMILES string of the molecule is O=C1Cc2ccccc2OC1(c1ccccc1)c1ccncc1. The highest BCUT2D eigenvalue weighted by Gasteiger charge is 2.47. The van der Waals surface area contributed by atoms with Crippen LogP contribution in [0.15, 0.2) is 79.1 Å². The molecular weight excluding hydrogens is 286 g/mol. The van der Waals surface area contributed by atoms with Crippen molar-refractivity contribution in [3.05, 3.63) is 95.8 Å². The van der Waals surface area contributed by atoms with Gasteiger partial charge < -0.3 is 4.74 Å². The molecule has 0 spiro atoms. The average molecular weight is 301 g/mol. The fourth-order valence-corrected chi connectivity index (χ4v) is 3.13. The van der Waals surface area contributed by atoms with Crippen LogP contribution in [-0.2, 0) is 16.8 Å². The van der Waals surface area contributed by atoms with E-state index in [-0.39, 0.29) is 5.78 Å². The maximum atomic E-state index is 13.1. The van der Waals surface area contributed by atoms with Gasteiger partial charge in [0.15, 0.2) is 5.78 Å². The summed E-state index contributed by atoms with van der Waals surface area (Å²) in [6, 6.07) is 21.1. The Morgan fingerprint density at radius 3 is 2.26 bits per heavy atom. The molecule has 3 aromatic rings. The van der Waals surface area contributed by atoms with E-state index in [4.69, 9.17) is 4.74 Å². The number of aromatic nitrogens is 1. The third-order valence-corrected chi connectivity index (χ3v) is 4.25. The molecule has 0 N–H and O–H groups in total. The highest BCUT2D eigenvalue weighted by molar-refractivity contribution is 5.95. The Labute approximate surface area is 134 Å². The molecular formula is C20H15NO2. The molecule has 0 radical (unpaired) electrons. The molecule has 1 atom stereocenters. The average Bonchev–Trinajstić information content (AvgIpc) is 2.62. The zero-order valence-electron chi connectivity index (χ0n) is 12.5. The molecule has 0 amide bonds. The fraction of sp³-hybridized carbons (Fsp3) is 0.100. The van der Waals surface area contributed by atoms with Crippen LogP contribution in [0.4, 0.5) is 0 Å². The Kier molecular flexibility index (Phi) is 3.19. The van der Waals surface area contributed by atoms with Crippen molar-refractivity contribution in [2.75, 3.05) is 0 Å². The van der Waals surface area contributed by atoms with Crippen LogP contribution < -0.4 is 4.74 Å². The molecule has 0 aliphatic carbocycles. The van der Waals surface area contributed by atoms with Crippen molar-refractivity contribution in [1.82, 2.24) is 4.98 Å². The van der Waals surface area contributed by atoms with Crippen molar-refractivity contribution < 1.29 is 9.53 Å². The Morgan fingerprint density at radius 2 is 1.48 bits per heavy atom. The summed E-state index contributed by atoms with van der Waals surface area (Å²) < 4.78 is 6.33. The summed E-state index contributed by atoms with van der Waals surface area (Å²) >= 11 is 0. The second kappa shape index (κ2) is 5.36. The smallest absolute Gasteiger partial charge is 0.217 e. The Hall–Kier alpha value is -2.94. The van der Waals surface area contributed by atoms with Crippen LogP contribution in [0.1, 0.15) is 16.7 Å². The molecule has 0 bridgehead atoms. The third-order valence-electron chi connectivity index (χ3n) is 4.25. The molecule has 23 heavy (non-hydrogen) atoms. The van der Waals surface area contributed by atoms with E-state index in [0.717, 1.165) is 22.4 Å². The first-order chi connectivity index (χ1) is 11.3. The van der Waals surface area contributed by atoms with Gasteiger partial charge in [-0.2, -0.15) is 0 Å². The van der Waals surface area contributed by atoms with Crippen molar-refractivity contribution >= 4 is 5.78 Å². The number of nitrogens with zero attached hydrogens (tertiary/aromatic N) is 1. The highest BCUT2D eigenvalue weighted by Crippen LogP contribution is 2.41. The quantitative estimate of drug-likeness (QED) is 0.727. The summed E-state index contributed by atoms with van der Waals surface area (Å²) in [4.78, 5) is 17.2. The standard InChI is InChI=1S/C20H15NO2/c22-19-14-15-6-4-5-9-18(15)23-20(19,16-7-2-1-3-8-16)17-10-12-21-13-11-17/h1-13H,14H2. The Morgan fingerprint density at radius 1 is 0.826 bits per heavy atom. The first-order valence-corrected chi connectivity index (χ1v) is 7.57. The molecule has 112 valence electrons. The minimum absolute atomic E-state index is 0.0357. The van der Waals surface area contributed by atoms with E-state index in [2.05, 4.69) is 4.98 Å². The van der Waals surface area contributed by atoms with Gasteiger partial charge in [-0.1, -0.05) is 48.5 Å². The summed E-state index contributed by atoms with van der Waals surface area (Å²) in [6.45, 7) is 0. The maximum Gasteiger partial charge on any atom is 0.217 e. The minimum atomic E-state index is -1.11. The molecule has 1 aromatic heterocycles. The van der Waals surface area contributed by atoms with Gasteiger partial charge in [-0.3, -0.25) is 9.78 Å². The molecule has 1 aliphatic heterocycles. The van der Waals surface area contributed by atoms with E-state index in [1.165, 1.54) is 0 Å². The fourth-order valence-electron chi connectivity index (χ4n) is 3.13. The predicted octanol–water partition coefficient (Wildman–Crippen LogP) is 3.53. The summed E-state index contributed by atoms with van der Waals surface area (Å²) in [7, 11) is 0. The van der Waals surface area contributed by atoms with Crippen LogP contribution in [0.2, 0.25) is 0 Å². The lowest BCUT2D eigenvalue weighted by Crippen LogP contribution is -2.46. The number of rotatable bonds is 2. The number of Topliss-reactive ketones (excluding diaryl/α,β-unsaturated/α-hetero) is 1. The molecule has 2 aromatic carbocycles. The van der Waals surface area contributed by atoms with E-state index in [0.29, 0.717) is 6.42 Å². The first kappa shape index (κ1) is 13.7. The largest absolute Gasteiger partial charge is 0.470 e. The molecule has 0 saturated carbocycles. The lowest BCUT2D eigenvalue weighted by atomic mass is 9.79. The van der Waals surface area contributed by atoms with Crippen LogP contribution >= 0.6 is 0 Å². The molecule has 1 aliphatic rings. The number of carbonyl (C=O) groups is 1. The topological polar surface area (TPSA) is 39.2 Å². The second-order valence-electron chi connectivity index (χ2n) is 5.59. The van der Waals surface area contributed by atoms with Gasteiger partial charge in [0, 0.05) is 35.5 Å². The van der Waals surface area contributed by atoms with Crippen molar-refractivity contribution in [3.8, 4) is 5.75 Å². The number of benzene rings is 2. The van der Waals surface area contributed by atoms with Crippen LogP contribution in [-0.4, -0.2) is 10.8 Å². The number of ketones is 1. The van der Waals surface area contributed by atoms with Crippen LogP contribution in [0.5, 0.6) is 5.75 Å². The molecule has 0 saturated heterocycles. The van der Waals surface area contributed by atoms with E-state index >= 15 is 0 Å². The van der Waals surface area contributed by atoms with Crippen LogP contribution in [0, 0.1) is 0 Å².